The summed E-state index contributed by atoms with van der Waals surface area (Å²) in [5.74, 6) is 0.753. The van der Waals surface area contributed by atoms with Gasteiger partial charge < -0.3 is 9.47 Å². The van der Waals surface area contributed by atoms with Crippen LogP contribution in [0.5, 0.6) is 0 Å². The molecule has 0 N–H and O–H groups in total. The average molecular weight is 715 g/mol. The van der Waals surface area contributed by atoms with Gasteiger partial charge in [-0.25, -0.2) is 0 Å². The van der Waals surface area contributed by atoms with Gasteiger partial charge >= 0.3 is 0 Å². The topological polar surface area (TPSA) is 8.17 Å². The maximum absolute atomic E-state index is 4.60. The summed E-state index contributed by atoms with van der Waals surface area (Å²) in [6.07, 6.45) is 16.0. The fourth-order valence-corrected chi connectivity index (χ4v) is 9.05. The van der Waals surface area contributed by atoms with Gasteiger partial charge in [-0.1, -0.05) is 152 Å². The van der Waals surface area contributed by atoms with Gasteiger partial charge in [0.05, 0.1) is 11.0 Å². The van der Waals surface area contributed by atoms with Crippen molar-refractivity contribution in [1.82, 2.24) is 4.57 Å². The Morgan fingerprint density at radius 3 is 1.80 bits per heavy atom. The molecule has 1 aromatic heterocycles. The van der Waals surface area contributed by atoms with Crippen molar-refractivity contribution in [1.29, 1.82) is 0 Å². The van der Waals surface area contributed by atoms with Crippen LogP contribution in [0.2, 0.25) is 0 Å². The lowest BCUT2D eigenvalue weighted by Crippen LogP contribution is -2.13. The van der Waals surface area contributed by atoms with E-state index in [1.807, 2.05) is 0 Å². The zero-order valence-corrected chi connectivity index (χ0v) is 30.9. The molecule has 0 saturated heterocycles. The van der Waals surface area contributed by atoms with Crippen molar-refractivity contribution in [3.63, 3.8) is 0 Å². The van der Waals surface area contributed by atoms with E-state index in [1.165, 1.54) is 72.0 Å². The molecule has 8 aromatic rings. The highest BCUT2D eigenvalue weighted by Crippen LogP contribution is 2.48. The van der Waals surface area contributed by atoms with Crippen LogP contribution in [0.3, 0.4) is 0 Å². The minimum absolute atomic E-state index is 0.349. The summed E-state index contributed by atoms with van der Waals surface area (Å²) < 4.78 is 2.44. The molecule has 0 aliphatic heterocycles. The van der Waals surface area contributed by atoms with Gasteiger partial charge in [-0.15, -0.1) is 0 Å². The van der Waals surface area contributed by atoms with Gasteiger partial charge in [0, 0.05) is 45.4 Å². The Morgan fingerprint density at radius 2 is 1.04 bits per heavy atom. The molecule has 1 heterocycles. The molecule has 3 aliphatic rings. The van der Waals surface area contributed by atoms with Crippen molar-refractivity contribution in [3.8, 4) is 33.4 Å². The third kappa shape index (κ3) is 5.26. The van der Waals surface area contributed by atoms with Gasteiger partial charge in [0.1, 0.15) is 0 Å². The second kappa shape index (κ2) is 13.0. The Labute approximate surface area is 327 Å². The molecule has 0 fully saturated rings. The van der Waals surface area contributed by atoms with Crippen molar-refractivity contribution < 1.29 is 0 Å². The number of anilines is 3. The molecule has 56 heavy (non-hydrogen) atoms. The third-order valence-corrected chi connectivity index (χ3v) is 11.8. The number of nitrogens with zero attached hydrogens (tertiary/aromatic N) is 2. The third-order valence-electron chi connectivity index (χ3n) is 11.8. The summed E-state index contributed by atoms with van der Waals surface area (Å²) in [5.41, 5.74) is 17.5. The second-order valence-corrected chi connectivity index (χ2v) is 15.0. The number of aromatic nitrogens is 1. The number of fused-ring (bicyclic) bond motifs is 7. The molecule has 7 aromatic carbocycles. The smallest absolute Gasteiger partial charge is 0.0542 e. The number of para-hydroxylation sites is 1. The van der Waals surface area contributed by atoms with Crippen LogP contribution in [0.1, 0.15) is 11.1 Å². The predicted octanol–water partition coefficient (Wildman–Crippen LogP) is 14.4. The SMILES string of the molecule is C=C1c2ccccc2-c2ccc(N(c3cc(-c4ccccc4)cc(-c4ccccc4)c3)c3ccc4c(c3)c3ccccc3n4C3=CC4C=CC=CC4C=C3)cc21. The number of hydrogen-bond donors (Lipinski definition) is 0. The molecule has 0 radical (unpaired) electrons. The van der Waals surface area contributed by atoms with E-state index in [0.29, 0.717) is 11.8 Å². The first-order chi connectivity index (χ1) is 27.7. The minimum Gasteiger partial charge on any atom is -0.310 e. The average Bonchev–Trinajstić information content (AvgIpc) is 3.75. The zero-order valence-electron chi connectivity index (χ0n) is 30.9. The first-order valence-corrected chi connectivity index (χ1v) is 19.5. The zero-order chi connectivity index (χ0) is 37.2. The van der Waals surface area contributed by atoms with Crippen LogP contribution in [-0.2, 0) is 0 Å². The fraction of sp³-hybridized carbons (Fsp3) is 0.0370. The normalized spacial score (nSPS) is 16.5. The summed E-state index contributed by atoms with van der Waals surface area (Å²) in [6.45, 7) is 4.60. The van der Waals surface area contributed by atoms with Crippen LogP contribution < -0.4 is 4.90 Å². The highest BCUT2D eigenvalue weighted by atomic mass is 15.1. The second-order valence-electron chi connectivity index (χ2n) is 15.0. The van der Waals surface area contributed by atoms with E-state index in [2.05, 4.69) is 222 Å². The van der Waals surface area contributed by atoms with Gasteiger partial charge in [0.2, 0.25) is 0 Å². The number of rotatable bonds is 6. The number of allylic oxidation sites excluding steroid dienone is 8. The molecule has 2 nitrogen and oxygen atoms in total. The Morgan fingerprint density at radius 1 is 0.429 bits per heavy atom. The molecular weight excluding hydrogens is 677 g/mol. The lowest BCUT2D eigenvalue weighted by atomic mass is 9.84. The van der Waals surface area contributed by atoms with Gasteiger partial charge in [-0.2, -0.15) is 0 Å². The van der Waals surface area contributed by atoms with E-state index in [1.54, 1.807) is 0 Å². The number of hydrogen-bond acceptors (Lipinski definition) is 1. The largest absolute Gasteiger partial charge is 0.310 e. The van der Waals surface area contributed by atoms with Crippen LogP contribution in [-0.4, -0.2) is 4.57 Å². The lowest BCUT2D eigenvalue weighted by molar-refractivity contribution is 0.659. The Balaban J connectivity index is 1.14. The quantitative estimate of drug-likeness (QED) is 0.166. The van der Waals surface area contributed by atoms with Crippen molar-refractivity contribution in [2.75, 3.05) is 4.90 Å². The molecule has 11 rings (SSSR count). The van der Waals surface area contributed by atoms with E-state index < -0.39 is 0 Å². The standard InChI is InChI=1S/C54H38N2/c1-36-47-20-10-11-21-48(47)49-28-26-44(34-51(36)49)55(46-32-41(37-14-4-2-5-15-37)30-42(33-46)38-16-6-3-7-17-38)45-27-29-54-52(35-45)50-22-12-13-23-53(50)56(54)43-25-24-39-18-8-9-19-40(39)31-43/h2-35,39-40H,1H2. The Bertz CT molecular complexity index is 2930. The summed E-state index contributed by atoms with van der Waals surface area (Å²) in [7, 11) is 0. The molecule has 2 atom stereocenters. The molecule has 0 saturated carbocycles. The van der Waals surface area contributed by atoms with Crippen LogP contribution >= 0.6 is 0 Å². The van der Waals surface area contributed by atoms with Crippen LogP contribution in [0.4, 0.5) is 17.1 Å². The van der Waals surface area contributed by atoms with Gasteiger partial charge in [0.15, 0.2) is 0 Å². The Hall–Kier alpha value is -7.16. The molecule has 0 bridgehead atoms. The van der Waals surface area contributed by atoms with E-state index >= 15 is 0 Å². The predicted molar refractivity (Wildman–Crippen MR) is 237 cm³/mol. The van der Waals surface area contributed by atoms with Crippen molar-refractivity contribution in [3.05, 3.63) is 224 Å². The summed E-state index contributed by atoms with van der Waals surface area (Å²) in [4.78, 5) is 2.44. The van der Waals surface area contributed by atoms with E-state index in [-0.39, 0.29) is 0 Å². The highest BCUT2D eigenvalue weighted by Gasteiger charge is 2.26. The van der Waals surface area contributed by atoms with Gasteiger partial charge in [-0.3, -0.25) is 0 Å². The lowest BCUT2D eigenvalue weighted by Gasteiger charge is -2.28. The maximum atomic E-state index is 4.60. The molecular formula is C54H38N2. The summed E-state index contributed by atoms with van der Waals surface area (Å²) >= 11 is 0. The summed E-state index contributed by atoms with van der Waals surface area (Å²) in [6, 6.07) is 59.8. The monoisotopic (exact) mass is 714 g/mol. The van der Waals surface area contributed by atoms with Crippen LogP contribution in [0.15, 0.2) is 213 Å². The molecule has 0 amide bonds. The van der Waals surface area contributed by atoms with Crippen molar-refractivity contribution in [2.45, 2.75) is 0 Å². The van der Waals surface area contributed by atoms with Gasteiger partial charge in [0.25, 0.3) is 0 Å². The van der Waals surface area contributed by atoms with E-state index in [0.717, 1.165) is 22.6 Å². The first kappa shape index (κ1) is 32.3. The Kier molecular flexibility index (Phi) is 7.50. The van der Waals surface area contributed by atoms with E-state index in [4.69, 9.17) is 0 Å². The molecule has 2 unspecified atom stereocenters. The van der Waals surface area contributed by atoms with Crippen LogP contribution in [0.25, 0.3) is 66.5 Å². The van der Waals surface area contributed by atoms with E-state index in [9.17, 15) is 0 Å². The fourth-order valence-electron chi connectivity index (χ4n) is 9.05. The van der Waals surface area contributed by atoms with Crippen molar-refractivity contribution in [2.24, 2.45) is 11.8 Å². The maximum Gasteiger partial charge on any atom is 0.0542 e. The molecule has 2 heteroatoms. The van der Waals surface area contributed by atoms with Crippen molar-refractivity contribution >= 4 is 50.1 Å². The molecule has 0 spiro atoms. The number of benzene rings is 7. The van der Waals surface area contributed by atoms with Crippen LogP contribution in [0, 0.1) is 11.8 Å². The first-order valence-electron chi connectivity index (χ1n) is 19.5. The summed E-state index contributed by atoms with van der Waals surface area (Å²) in [5, 5.41) is 2.46. The van der Waals surface area contributed by atoms with Gasteiger partial charge in [-0.05, 0) is 111 Å². The molecule has 3 aliphatic carbocycles. The molecule has 264 valence electrons. The minimum atomic E-state index is 0.349. The highest BCUT2D eigenvalue weighted by molar-refractivity contribution is 6.12.